The van der Waals surface area contributed by atoms with Crippen LogP contribution >= 0.6 is 0 Å². The Labute approximate surface area is 123 Å². The minimum Gasteiger partial charge on any atom is -0.419 e. The van der Waals surface area contributed by atoms with Gasteiger partial charge in [-0.1, -0.05) is 48.5 Å². The summed E-state index contributed by atoms with van der Waals surface area (Å²) in [6, 6.07) is 20.3. The van der Waals surface area contributed by atoms with Gasteiger partial charge < -0.3 is 9.73 Å². The minimum absolute atomic E-state index is 0.235. The maximum Gasteiger partial charge on any atom is 0.247 e. The Kier molecular flexibility index (Phi) is 4.07. The summed E-state index contributed by atoms with van der Waals surface area (Å²) in [5.41, 5.74) is 2.17. The third-order valence-corrected chi connectivity index (χ3v) is 3.35. The molecule has 21 heavy (non-hydrogen) atoms. The quantitative estimate of drug-likeness (QED) is 0.775. The molecular formula is C17H17N3O. The van der Waals surface area contributed by atoms with Gasteiger partial charge in [-0.2, -0.15) is 0 Å². The van der Waals surface area contributed by atoms with Crippen molar-refractivity contribution < 1.29 is 4.42 Å². The summed E-state index contributed by atoms with van der Waals surface area (Å²) >= 11 is 0. The lowest BCUT2D eigenvalue weighted by Crippen LogP contribution is -2.18. The Balaban J connectivity index is 1.63. The van der Waals surface area contributed by atoms with Crippen LogP contribution in [0.25, 0.3) is 11.5 Å². The molecule has 106 valence electrons. The predicted molar refractivity (Wildman–Crippen MR) is 81.4 cm³/mol. The maximum atomic E-state index is 5.67. The zero-order chi connectivity index (χ0) is 14.5. The van der Waals surface area contributed by atoms with E-state index in [-0.39, 0.29) is 6.04 Å². The highest BCUT2D eigenvalue weighted by Gasteiger charge is 2.10. The van der Waals surface area contributed by atoms with E-state index in [1.165, 1.54) is 5.56 Å². The lowest BCUT2D eigenvalue weighted by Gasteiger charge is -2.12. The Morgan fingerprint density at radius 3 is 2.33 bits per heavy atom. The van der Waals surface area contributed by atoms with Crippen LogP contribution < -0.4 is 5.32 Å². The number of aromatic nitrogens is 2. The lowest BCUT2D eigenvalue weighted by atomic mass is 10.1. The molecule has 0 aliphatic rings. The molecule has 4 heteroatoms. The zero-order valence-corrected chi connectivity index (χ0v) is 11.9. The molecule has 1 aromatic heterocycles. The summed E-state index contributed by atoms with van der Waals surface area (Å²) < 4.78 is 5.67. The van der Waals surface area contributed by atoms with Crippen molar-refractivity contribution in [2.45, 2.75) is 19.5 Å². The number of rotatable bonds is 5. The molecule has 0 aliphatic heterocycles. The molecule has 0 spiro atoms. The highest BCUT2D eigenvalue weighted by atomic mass is 16.4. The summed E-state index contributed by atoms with van der Waals surface area (Å²) in [6.45, 7) is 2.67. The minimum atomic E-state index is 0.235. The van der Waals surface area contributed by atoms with Crippen molar-refractivity contribution in [1.82, 2.24) is 15.5 Å². The van der Waals surface area contributed by atoms with E-state index in [0.29, 0.717) is 18.3 Å². The van der Waals surface area contributed by atoms with Crippen LogP contribution in [0, 0.1) is 0 Å². The van der Waals surface area contributed by atoms with Crippen molar-refractivity contribution in [3.05, 3.63) is 72.1 Å². The van der Waals surface area contributed by atoms with Crippen LogP contribution in [-0.2, 0) is 6.54 Å². The van der Waals surface area contributed by atoms with E-state index >= 15 is 0 Å². The summed E-state index contributed by atoms with van der Waals surface area (Å²) in [5, 5.41) is 11.5. The van der Waals surface area contributed by atoms with Gasteiger partial charge in [-0.25, -0.2) is 0 Å². The number of nitrogens with one attached hydrogen (secondary N) is 1. The first kappa shape index (κ1) is 13.5. The molecule has 0 aliphatic carbocycles. The van der Waals surface area contributed by atoms with Gasteiger partial charge in [-0.3, -0.25) is 0 Å². The summed E-state index contributed by atoms with van der Waals surface area (Å²) in [4.78, 5) is 0. The SMILES string of the molecule is C[C@H](NCc1nnc(-c2ccccc2)o1)c1ccccc1. The molecule has 0 saturated heterocycles. The van der Waals surface area contributed by atoms with Crippen LogP contribution in [0.5, 0.6) is 0 Å². The molecule has 3 aromatic rings. The van der Waals surface area contributed by atoms with Crippen LogP contribution in [0.1, 0.15) is 24.4 Å². The Hall–Kier alpha value is -2.46. The van der Waals surface area contributed by atoms with Crippen molar-refractivity contribution in [2.24, 2.45) is 0 Å². The first-order valence-electron chi connectivity index (χ1n) is 6.99. The molecule has 2 aromatic carbocycles. The van der Waals surface area contributed by atoms with E-state index in [4.69, 9.17) is 4.42 Å². The van der Waals surface area contributed by atoms with Crippen molar-refractivity contribution in [1.29, 1.82) is 0 Å². The molecule has 0 unspecified atom stereocenters. The number of hydrogen-bond donors (Lipinski definition) is 1. The highest BCUT2D eigenvalue weighted by Crippen LogP contribution is 2.17. The molecule has 0 bridgehead atoms. The van der Waals surface area contributed by atoms with E-state index in [2.05, 4.69) is 34.6 Å². The largest absolute Gasteiger partial charge is 0.419 e. The fourth-order valence-corrected chi connectivity index (χ4v) is 2.12. The first-order valence-corrected chi connectivity index (χ1v) is 6.99. The van der Waals surface area contributed by atoms with Crippen LogP contribution in [0.15, 0.2) is 65.1 Å². The smallest absolute Gasteiger partial charge is 0.247 e. The van der Waals surface area contributed by atoms with E-state index in [1.54, 1.807) is 0 Å². The fraction of sp³-hybridized carbons (Fsp3) is 0.176. The van der Waals surface area contributed by atoms with E-state index < -0.39 is 0 Å². The number of nitrogens with zero attached hydrogens (tertiary/aromatic N) is 2. The van der Waals surface area contributed by atoms with Gasteiger partial charge in [0.1, 0.15) is 0 Å². The average molecular weight is 279 g/mol. The van der Waals surface area contributed by atoms with Crippen molar-refractivity contribution in [2.75, 3.05) is 0 Å². The van der Waals surface area contributed by atoms with Gasteiger partial charge in [0.05, 0.1) is 6.54 Å². The number of hydrogen-bond acceptors (Lipinski definition) is 4. The molecule has 0 saturated carbocycles. The van der Waals surface area contributed by atoms with Crippen LogP contribution in [0.3, 0.4) is 0 Å². The lowest BCUT2D eigenvalue weighted by molar-refractivity contribution is 0.454. The first-order chi connectivity index (χ1) is 10.3. The second-order valence-corrected chi connectivity index (χ2v) is 4.88. The average Bonchev–Trinajstić information content (AvgIpc) is 3.03. The standard InChI is InChI=1S/C17H17N3O/c1-13(14-8-4-2-5-9-14)18-12-16-19-20-17(21-16)15-10-6-3-7-11-15/h2-11,13,18H,12H2,1H3/t13-/m0/s1. The second kappa shape index (κ2) is 6.33. The van der Waals surface area contributed by atoms with Gasteiger partial charge in [0.15, 0.2) is 0 Å². The van der Waals surface area contributed by atoms with Gasteiger partial charge in [-0.15, -0.1) is 10.2 Å². The van der Waals surface area contributed by atoms with Crippen LogP contribution in [0.4, 0.5) is 0 Å². The van der Waals surface area contributed by atoms with Gasteiger partial charge in [0.25, 0.3) is 0 Å². The van der Waals surface area contributed by atoms with Gasteiger partial charge in [0.2, 0.25) is 11.8 Å². The summed E-state index contributed by atoms with van der Waals surface area (Å²) in [7, 11) is 0. The van der Waals surface area contributed by atoms with Crippen molar-refractivity contribution in [3.8, 4) is 11.5 Å². The molecule has 0 fully saturated rings. The molecular weight excluding hydrogens is 262 g/mol. The van der Waals surface area contributed by atoms with Crippen LogP contribution in [-0.4, -0.2) is 10.2 Å². The second-order valence-electron chi connectivity index (χ2n) is 4.88. The van der Waals surface area contributed by atoms with Gasteiger partial charge in [0, 0.05) is 11.6 Å². The fourth-order valence-electron chi connectivity index (χ4n) is 2.12. The molecule has 0 radical (unpaired) electrons. The molecule has 4 nitrogen and oxygen atoms in total. The Bertz CT molecular complexity index is 680. The number of benzene rings is 2. The van der Waals surface area contributed by atoms with Crippen LogP contribution in [0.2, 0.25) is 0 Å². The molecule has 0 amide bonds. The Morgan fingerprint density at radius 1 is 0.952 bits per heavy atom. The van der Waals surface area contributed by atoms with Crippen molar-refractivity contribution in [3.63, 3.8) is 0 Å². The van der Waals surface area contributed by atoms with Crippen molar-refractivity contribution >= 4 is 0 Å². The Morgan fingerprint density at radius 2 is 1.62 bits per heavy atom. The molecule has 3 rings (SSSR count). The normalized spacial score (nSPS) is 12.2. The third-order valence-electron chi connectivity index (χ3n) is 3.35. The van der Waals surface area contributed by atoms with Gasteiger partial charge in [-0.05, 0) is 24.6 Å². The third kappa shape index (κ3) is 3.35. The summed E-state index contributed by atoms with van der Waals surface area (Å²) in [6.07, 6.45) is 0. The van der Waals surface area contributed by atoms with Gasteiger partial charge >= 0.3 is 0 Å². The summed E-state index contributed by atoms with van der Waals surface area (Å²) in [5.74, 6) is 1.15. The van der Waals surface area contributed by atoms with E-state index in [9.17, 15) is 0 Å². The monoisotopic (exact) mass is 279 g/mol. The molecule has 1 N–H and O–H groups in total. The maximum absolute atomic E-state index is 5.67. The topological polar surface area (TPSA) is 51.0 Å². The highest BCUT2D eigenvalue weighted by molar-refractivity contribution is 5.51. The van der Waals surface area contributed by atoms with E-state index in [1.807, 2.05) is 48.5 Å². The zero-order valence-electron chi connectivity index (χ0n) is 11.9. The molecule has 1 atom stereocenters. The van der Waals surface area contributed by atoms with E-state index in [0.717, 1.165) is 5.56 Å². The predicted octanol–water partition coefficient (Wildman–Crippen LogP) is 3.59. The molecule has 1 heterocycles.